The number of ether oxygens (including phenoxy) is 1. The third kappa shape index (κ3) is 5.02. The van der Waals surface area contributed by atoms with Crippen molar-refractivity contribution in [2.24, 2.45) is 5.73 Å². The Morgan fingerprint density at radius 2 is 1.85 bits per heavy atom. The molecule has 0 spiro atoms. The van der Waals surface area contributed by atoms with E-state index in [-0.39, 0.29) is 28.7 Å². The maximum atomic E-state index is 13.0. The minimum Gasteiger partial charge on any atom is -0.483 e. The largest absolute Gasteiger partial charge is 0.483 e. The van der Waals surface area contributed by atoms with Crippen LogP contribution in [0, 0.1) is 0 Å². The number of primary amides is 1. The van der Waals surface area contributed by atoms with Crippen LogP contribution in [0.25, 0.3) is 0 Å². The molecule has 2 N–H and O–H groups in total. The Labute approximate surface area is 198 Å². The molecule has 2 heterocycles. The molecule has 1 saturated heterocycles. The maximum Gasteiger partial charge on any atom is 0.264 e. The molecule has 2 aliphatic heterocycles. The minimum atomic E-state index is -3.71. The van der Waals surface area contributed by atoms with Crippen molar-refractivity contribution in [2.45, 2.75) is 41.2 Å². The molecule has 1 fully saturated rings. The lowest BCUT2D eigenvalue weighted by molar-refractivity contribution is -0.120. The predicted octanol–water partition coefficient (Wildman–Crippen LogP) is 2.87. The molecule has 1 atom stereocenters. The van der Waals surface area contributed by atoms with Crippen molar-refractivity contribution in [3.8, 4) is 5.75 Å². The highest BCUT2D eigenvalue weighted by Gasteiger charge is 2.29. The quantitative estimate of drug-likeness (QED) is 0.668. The van der Waals surface area contributed by atoms with Gasteiger partial charge in [-0.25, -0.2) is 8.42 Å². The summed E-state index contributed by atoms with van der Waals surface area (Å²) in [6.45, 7) is 3.29. The number of amides is 2. The van der Waals surface area contributed by atoms with Gasteiger partial charge >= 0.3 is 0 Å². The molecule has 1 unspecified atom stereocenters. The summed E-state index contributed by atoms with van der Waals surface area (Å²) in [5.41, 5.74) is 6.27. The number of nitrogens with two attached hydrogens (primary N) is 1. The molecular weight excluding hydrogens is 462 g/mol. The van der Waals surface area contributed by atoms with Crippen LogP contribution in [-0.4, -0.2) is 56.0 Å². The van der Waals surface area contributed by atoms with E-state index >= 15 is 0 Å². The molecule has 2 aromatic carbocycles. The third-order valence-electron chi connectivity index (χ3n) is 5.81. The van der Waals surface area contributed by atoms with Gasteiger partial charge in [-0.3, -0.25) is 9.59 Å². The number of sulfonamides is 1. The maximum absolute atomic E-state index is 13.0. The number of nitrogens with zero attached hydrogens (tertiary/aromatic N) is 2. The second-order valence-corrected chi connectivity index (χ2v) is 11.6. The lowest BCUT2D eigenvalue weighted by Crippen LogP contribution is -2.36. The number of hydrogen-bond donors (Lipinski definition) is 1. The fourth-order valence-electron chi connectivity index (χ4n) is 4.03. The number of rotatable bonds is 6. The summed E-state index contributed by atoms with van der Waals surface area (Å²) in [5.74, 6) is -0.982. The van der Waals surface area contributed by atoms with Crippen molar-refractivity contribution in [3.05, 3.63) is 48.0 Å². The molecule has 0 radical (unpaired) electrons. The second kappa shape index (κ2) is 9.74. The number of thioether (sulfide) groups is 1. The molecule has 176 valence electrons. The van der Waals surface area contributed by atoms with Gasteiger partial charge in [0.15, 0.2) is 6.61 Å². The Morgan fingerprint density at radius 1 is 1.12 bits per heavy atom. The van der Waals surface area contributed by atoms with Gasteiger partial charge < -0.3 is 15.4 Å². The lowest BCUT2D eigenvalue weighted by atomic mass is 10.2. The van der Waals surface area contributed by atoms with Gasteiger partial charge in [0.05, 0.1) is 16.1 Å². The van der Waals surface area contributed by atoms with Crippen LogP contribution in [0.5, 0.6) is 5.75 Å². The van der Waals surface area contributed by atoms with E-state index in [1.165, 1.54) is 22.5 Å². The number of benzene rings is 2. The highest BCUT2D eigenvalue weighted by Crippen LogP contribution is 2.37. The molecule has 10 heteroatoms. The van der Waals surface area contributed by atoms with Gasteiger partial charge in [-0.1, -0.05) is 19.1 Å². The highest BCUT2D eigenvalue weighted by molar-refractivity contribution is 8.00. The fraction of sp³-hybridized carbons (Fsp3) is 0.391. The summed E-state index contributed by atoms with van der Waals surface area (Å²) in [6.07, 6.45) is 2.45. The van der Waals surface area contributed by atoms with Gasteiger partial charge in [0.25, 0.3) is 11.8 Å². The number of para-hydroxylation sites is 1. The molecule has 4 rings (SSSR count). The van der Waals surface area contributed by atoms with Crippen LogP contribution in [0.3, 0.4) is 0 Å². The SMILES string of the molecule is CC1CCN(C(=O)COc2ccc(S(=O)(=O)N3CCCC3)cc2C(N)=O)c2ccccc2S1. The standard InChI is InChI=1S/C23H27N3O5S2/c1-16-10-13-26(19-6-2-3-7-21(19)32-16)22(27)15-31-20-9-8-17(14-18(20)23(24)28)33(29,30)25-11-4-5-12-25/h2-3,6-9,14,16H,4-5,10-13,15H2,1H3,(H2,24,28). The van der Waals surface area contributed by atoms with Crippen molar-refractivity contribution in [2.75, 3.05) is 31.1 Å². The summed E-state index contributed by atoms with van der Waals surface area (Å²) in [6, 6.07) is 11.7. The van der Waals surface area contributed by atoms with Crippen LogP contribution < -0.4 is 15.4 Å². The summed E-state index contributed by atoms with van der Waals surface area (Å²) >= 11 is 1.73. The minimum absolute atomic E-state index is 0.00988. The van der Waals surface area contributed by atoms with Crippen molar-refractivity contribution in [1.29, 1.82) is 0 Å². The first-order valence-corrected chi connectivity index (χ1v) is 13.2. The van der Waals surface area contributed by atoms with E-state index in [0.717, 1.165) is 29.8 Å². The molecule has 33 heavy (non-hydrogen) atoms. The first-order chi connectivity index (χ1) is 15.8. The topological polar surface area (TPSA) is 110 Å². The van der Waals surface area contributed by atoms with Crippen LogP contribution in [0.4, 0.5) is 5.69 Å². The van der Waals surface area contributed by atoms with E-state index in [1.54, 1.807) is 16.7 Å². The second-order valence-electron chi connectivity index (χ2n) is 8.15. The van der Waals surface area contributed by atoms with Crippen LogP contribution in [0.15, 0.2) is 52.3 Å². The summed E-state index contributed by atoms with van der Waals surface area (Å²) in [4.78, 5) is 27.8. The molecule has 2 aliphatic rings. The zero-order valence-corrected chi connectivity index (χ0v) is 20.0. The molecule has 0 bridgehead atoms. The summed E-state index contributed by atoms with van der Waals surface area (Å²) in [7, 11) is -3.71. The molecular formula is C23H27N3O5S2. The van der Waals surface area contributed by atoms with E-state index in [2.05, 4.69) is 6.92 Å². The van der Waals surface area contributed by atoms with Crippen molar-refractivity contribution >= 4 is 39.3 Å². The van der Waals surface area contributed by atoms with Gasteiger partial charge in [-0.05, 0) is 49.6 Å². The third-order valence-corrected chi connectivity index (χ3v) is 8.95. The van der Waals surface area contributed by atoms with Gasteiger partial charge in [0.1, 0.15) is 5.75 Å². The van der Waals surface area contributed by atoms with Gasteiger partial charge in [0, 0.05) is 29.8 Å². The van der Waals surface area contributed by atoms with Crippen LogP contribution >= 0.6 is 11.8 Å². The fourth-order valence-corrected chi connectivity index (χ4v) is 6.69. The zero-order valence-electron chi connectivity index (χ0n) is 18.4. The van der Waals surface area contributed by atoms with Crippen LogP contribution in [-0.2, 0) is 14.8 Å². The smallest absolute Gasteiger partial charge is 0.264 e. The van der Waals surface area contributed by atoms with Crippen molar-refractivity contribution in [1.82, 2.24) is 4.31 Å². The Bertz CT molecular complexity index is 1160. The normalized spacial score (nSPS) is 19.1. The number of carbonyl (C=O) groups excluding carboxylic acids is 2. The van der Waals surface area contributed by atoms with E-state index in [1.807, 2.05) is 24.3 Å². The van der Waals surface area contributed by atoms with E-state index < -0.39 is 15.9 Å². The first-order valence-electron chi connectivity index (χ1n) is 10.9. The van der Waals surface area contributed by atoms with Gasteiger partial charge in [0.2, 0.25) is 10.0 Å². The number of hydrogen-bond acceptors (Lipinski definition) is 6. The van der Waals surface area contributed by atoms with Crippen molar-refractivity contribution in [3.63, 3.8) is 0 Å². The first kappa shape index (κ1) is 23.6. The van der Waals surface area contributed by atoms with Crippen LogP contribution in [0.1, 0.15) is 36.5 Å². The average Bonchev–Trinajstić information content (AvgIpc) is 3.29. The Hall–Kier alpha value is -2.56. The van der Waals surface area contributed by atoms with Crippen molar-refractivity contribution < 1.29 is 22.7 Å². The molecule has 0 aliphatic carbocycles. The van der Waals surface area contributed by atoms with E-state index in [9.17, 15) is 18.0 Å². The Balaban J connectivity index is 1.53. The molecule has 0 aromatic heterocycles. The molecule has 0 saturated carbocycles. The molecule has 2 amide bonds. The Kier molecular flexibility index (Phi) is 6.96. The van der Waals surface area contributed by atoms with Gasteiger partial charge in [-0.15, -0.1) is 11.8 Å². The van der Waals surface area contributed by atoms with E-state index in [0.29, 0.717) is 24.9 Å². The zero-order chi connectivity index (χ0) is 23.6. The molecule has 8 nitrogen and oxygen atoms in total. The predicted molar refractivity (Wildman–Crippen MR) is 127 cm³/mol. The Morgan fingerprint density at radius 3 is 2.58 bits per heavy atom. The average molecular weight is 490 g/mol. The number of anilines is 1. The number of carbonyl (C=O) groups is 2. The summed E-state index contributed by atoms with van der Waals surface area (Å²) in [5, 5.41) is 0.372. The van der Waals surface area contributed by atoms with E-state index in [4.69, 9.17) is 10.5 Å². The van der Waals surface area contributed by atoms with Gasteiger partial charge in [-0.2, -0.15) is 4.31 Å². The lowest BCUT2D eigenvalue weighted by Gasteiger charge is -2.23. The summed E-state index contributed by atoms with van der Waals surface area (Å²) < 4.78 is 32.8. The molecule has 2 aromatic rings. The highest BCUT2D eigenvalue weighted by atomic mass is 32.2. The van der Waals surface area contributed by atoms with Crippen LogP contribution in [0.2, 0.25) is 0 Å². The monoisotopic (exact) mass is 489 g/mol. The number of fused-ring (bicyclic) bond motifs is 1.